The van der Waals surface area contributed by atoms with E-state index in [-0.39, 0.29) is 11.9 Å². The van der Waals surface area contributed by atoms with Crippen molar-refractivity contribution >= 4 is 5.91 Å². The Morgan fingerprint density at radius 2 is 1.81 bits per heavy atom. The van der Waals surface area contributed by atoms with Gasteiger partial charge in [-0.05, 0) is 43.2 Å². The van der Waals surface area contributed by atoms with Crippen molar-refractivity contribution in [1.29, 1.82) is 0 Å². The van der Waals surface area contributed by atoms with Crippen molar-refractivity contribution in [3.05, 3.63) is 70.9 Å². The number of fused-ring (bicyclic) bond motifs is 1. The summed E-state index contributed by atoms with van der Waals surface area (Å²) < 4.78 is 5.26. The quantitative estimate of drug-likeness (QED) is 0.735. The van der Waals surface area contributed by atoms with Crippen LogP contribution in [0.3, 0.4) is 0 Å². The summed E-state index contributed by atoms with van der Waals surface area (Å²) in [5.74, 6) is 0.814. The van der Waals surface area contributed by atoms with Crippen LogP contribution >= 0.6 is 0 Å². The molecule has 0 saturated heterocycles. The molecule has 2 heterocycles. The molecule has 5 heteroatoms. The van der Waals surface area contributed by atoms with Gasteiger partial charge in [-0.2, -0.15) is 5.10 Å². The van der Waals surface area contributed by atoms with Crippen LogP contribution in [0.4, 0.5) is 0 Å². The monoisotopic (exact) mass is 361 g/mol. The minimum absolute atomic E-state index is 0.0182. The average Bonchev–Trinajstić information content (AvgIpc) is 3.23. The van der Waals surface area contributed by atoms with Gasteiger partial charge in [-0.25, -0.2) is 0 Å². The summed E-state index contributed by atoms with van der Waals surface area (Å²) in [6, 6.07) is 16.1. The van der Waals surface area contributed by atoms with Crippen LogP contribution in [0.1, 0.15) is 46.6 Å². The van der Waals surface area contributed by atoms with Gasteiger partial charge in [0.2, 0.25) is 0 Å². The molecular formula is C22H23N3O2. The number of carbonyl (C=O) groups is 1. The highest BCUT2D eigenvalue weighted by Crippen LogP contribution is 2.42. The van der Waals surface area contributed by atoms with Gasteiger partial charge < -0.3 is 9.64 Å². The first-order chi connectivity index (χ1) is 13.1. The normalized spacial score (nSPS) is 15.9. The number of amides is 1. The molecule has 1 aliphatic rings. The van der Waals surface area contributed by atoms with Crippen LogP contribution in [0.15, 0.2) is 48.5 Å². The molecule has 0 bridgehead atoms. The zero-order chi connectivity index (χ0) is 19.0. The lowest BCUT2D eigenvalue weighted by molar-refractivity contribution is 0.0744. The predicted octanol–water partition coefficient (Wildman–Crippen LogP) is 4.35. The largest absolute Gasteiger partial charge is 0.497 e. The summed E-state index contributed by atoms with van der Waals surface area (Å²) in [6.07, 6.45) is 0.906. The molecule has 5 nitrogen and oxygen atoms in total. The van der Waals surface area contributed by atoms with Gasteiger partial charge in [-0.1, -0.05) is 36.8 Å². The van der Waals surface area contributed by atoms with Gasteiger partial charge in [0.15, 0.2) is 0 Å². The Hall–Kier alpha value is -3.08. The number of nitrogens with zero attached hydrogens (tertiary/aromatic N) is 2. The number of benzene rings is 2. The molecule has 0 saturated carbocycles. The minimum Gasteiger partial charge on any atom is -0.497 e. The third-order valence-electron chi connectivity index (χ3n) is 5.08. The Balaban J connectivity index is 1.85. The number of aromatic amines is 1. The van der Waals surface area contributed by atoms with E-state index in [0.717, 1.165) is 34.6 Å². The number of aryl methyl sites for hydroxylation is 1. The van der Waals surface area contributed by atoms with Crippen LogP contribution in [0.25, 0.3) is 11.3 Å². The molecule has 1 aliphatic heterocycles. The van der Waals surface area contributed by atoms with Crippen LogP contribution in [-0.4, -0.2) is 34.7 Å². The lowest BCUT2D eigenvalue weighted by atomic mass is 9.95. The first-order valence-electron chi connectivity index (χ1n) is 9.24. The van der Waals surface area contributed by atoms with Crippen molar-refractivity contribution in [2.45, 2.75) is 26.3 Å². The first-order valence-corrected chi connectivity index (χ1v) is 9.24. The van der Waals surface area contributed by atoms with Crippen molar-refractivity contribution in [3.8, 4) is 17.0 Å². The summed E-state index contributed by atoms with van der Waals surface area (Å²) in [5, 5.41) is 7.48. The molecular weight excluding hydrogens is 338 g/mol. The van der Waals surface area contributed by atoms with Gasteiger partial charge in [0, 0.05) is 17.7 Å². The van der Waals surface area contributed by atoms with E-state index in [0.29, 0.717) is 12.2 Å². The Labute approximate surface area is 159 Å². The standard InChI is InChI=1S/C22H23N3O2/c1-4-13-25-21(16-7-5-14(2)6-8-16)18-19(23-24-20(18)22(25)26)15-9-11-17(27-3)12-10-15/h5-12,21H,4,13H2,1-3H3,(H,23,24). The topological polar surface area (TPSA) is 58.2 Å². The molecule has 138 valence electrons. The maximum atomic E-state index is 13.0. The van der Waals surface area contributed by atoms with E-state index >= 15 is 0 Å². The van der Waals surface area contributed by atoms with Crippen LogP contribution in [0.5, 0.6) is 5.75 Å². The van der Waals surface area contributed by atoms with Gasteiger partial charge in [-0.15, -0.1) is 0 Å². The fourth-order valence-electron chi connectivity index (χ4n) is 3.73. The minimum atomic E-state index is -0.121. The molecule has 0 aliphatic carbocycles. The second kappa shape index (κ2) is 6.91. The number of hydrogen-bond acceptors (Lipinski definition) is 3. The van der Waals surface area contributed by atoms with Crippen LogP contribution in [0.2, 0.25) is 0 Å². The van der Waals surface area contributed by atoms with Crippen LogP contribution < -0.4 is 4.74 Å². The van der Waals surface area contributed by atoms with E-state index < -0.39 is 0 Å². The summed E-state index contributed by atoms with van der Waals surface area (Å²) in [7, 11) is 1.65. The molecule has 1 amide bonds. The van der Waals surface area contributed by atoms with E-state index in [2.05, 4.69) is 48.3 Å². The highest BCUT2D eigenvalue weighted by molar-refractivity contribution is 6.00. The van der Waals surface area contributed by atoms with E-state index in [4.69, 9.17) is 4.74 Å². The Kier molecular flexibility index (Phi) is 4.44. The molecule has 3 aromatic rings. The van der Waals surface area contributed by atoms with Crippen molar-refractivity contribution in [2.75, 3.05) is 13.7 Å². The lowest BCUT2D eigenvalue weighted by Crippen LogP contribution is -2.30. The molecule has 1 aromatic heterocycles. The molecule has 4 rings (SSSR count). The summed E-state index contributed by atoms with van der Waals surface area (Å²) >= 11 is 0. The van der Waals surface area contributed by atoms with Gasteiger partial charge >= 0.3 is 0 Å². The molecule has 1 N–H and O–H groups in total. The molecule has 0 spiro atoms. The lowest BCUT2D eigenvalue weighted by Gasteiger charge is -2.26. The maximum Gasteiger partial charge on any atom is 0.273 e. The number of ether oxygens (including phenoxy) is 1. The fraction of sp³-hybridized carbons (Fsp3) is 0.273. The highest BCUT2D eigenvalue weighted by atomic mass is 16.5. The van der Waals surface area contributed by atoms with Crippen molar-refractivity contribution in [3.63, 3.8) is 0 Å². The average molecular weight is 361 g/mol. The van der Waals surface area contributed by atoms with Gasteiger partial charge in [0.05, 0.1) is 18.8 Å². The van der Waals surface area contributed by atoms with Crippen molar-refractivity contribution in [2.24, 2.45) is 0 Å². The first kappa shape index (κ1) is 17.3. The smallest absolute Gasteiger partial charge is 0.273 e. The molecule has 0 fully saturated rings. The van der Waals surface area contributed by atoms with Crippen molar-refractivity contribution < 1.29 is 9.53 Å². The zero-order valence-electron chi connectivity index (χ0n) is 15.8. The van der Waals surface area contributed by atoms with E-state index in [1.54, 1.807) is 7.11 Å². The highest BCUT2D eigenvalue weighted by Gasteiger charge is 2.41. The molecule has 1 unspecified atom stereocenters. The third-order valence-corrected chi connectivity index (χ3v) is 5.08. The van der Waals surface area contributed by atoms with Crippen molar-refractivity contribution in [1.82, 2.24) is 15.1 Å². The number of H-pyrrole nitrogens is 1. The maximum absolute atomic E-state index is 13.0. The molecule has 27 heavy (non-hydrogen) atoms. The van der Waals surface area contributed by atoms with E-state index in [1.165, 1.54) is 5.56 Å². The summed E-state index contributed by atoms with van der Waals surface area (Å²) in [5.41, 5.74) is 5.66. The number of methoxy groups -OCH3 is 1. The number of nitrogens with one attached hydrogen (secondary N) is 1. The fourth-order valence-corrected chi connectivity index (χ4v) is 3.73. The van der Waals surface area contributed by atoms with Gasteiger partial charge in [-0.3, -0.25) is 9.89 Å². The van der Waals surface area contributed by atoms with E-state index in [9.17, 15) is 4.79 Å². The third kappa shape index (κ3) is 2.89. The second-order valence-corrected chi connectivity index (χ2v) is 6.90. The molecule has 2 aromatic carbocycles. The summed E-state index contributed by atoms with van der Waals surface area (Å²) in [6.45, 7) is 4.87. The number of hydrogen-bond donors (Lipinski definition) is 1. The second-order valence-electron chi connectivity index (χ2n) is 6.90. The van der Waals surface area contributed by atoms with E-state index in [1.807, 2.05) is 29.2 Å². The number of rotatable bonds is 5. The van der Waals surface area contributed by atoms with Crippen LogP contribution in [0, 0.1) is 6.92 Å². The molecule has 0 radical (unpaired) electrons. The Morgan fingerprint density at radius 1 is 1.11 bits per heavy atom. The number of aromatic nitrogens is 2. The number of carbonyl (C=O) groups excluding carboxylic acids is 1. The SMILES string of the molecule is CCCN1C(=O)c2[nH]nc(-c3ccc(OC)cc3)c2C1c1ccc(C)cc1. The van der Waals surface area contributed by atoms with Gasteiger partial charge in [0.1, 0.15) is 11.4 Å². The van der Waals surface area contributed by atoms with Crippen LogP contribution in [-0.2, 0) is 0 Å². The molecule has 1 atom stereocenters. The Morgan fingerprint density at radius 3 is 2.44 bits per heavy atom. The predicted molar refractivity (Wildman–Crippen MR) is 105 cm³/mol. The summed E-state index contributed by atoms with van der Waals surface area (Å²) in [4.78, 5) is 15.0. The van der Waals surface area contributed by atoms with Gasteiger partial charge in [0.25, 0.3) is 5.91 Å². The Bertz CT molecular complexity index is 958. The zero-order valence-corrected chi connectivity index (χ0v) is 15.8.